The highest BCUT2D eigenvalue weighted by molar-refractivity contribution is 7.17. The van der Waals surface area contributed by atoms with E-state index in [1.165, 1.54) is 0 Å². The van der Waals surface area contributed by atoms with Crippen LogP contribution in [0.1, 0.15) is 5.56 Å². The molecular formula is C10H5ClFNS. The zero-order chi connectivity index (χ0) is 10.1. The van der Waals surface area contributed by atoms with Gasteiger partial charge in [-0.05, 0) is 17.5 Å². The van der Waals surface area contributed by atoms with Gasteiger partial charge in [0.15, 0.2) is 5.13 Å². The van der Waals surface area contributed by atoms with Crippen LogP contribution in [-0.4, -0.2) is 0 Å². The summed E-state index contributed by atoms with van der Waals surface area (Å²) in [7, 11) is 0. The molecule has 1 nitrogen and oxygen atoms in total. The van der Waals surface area contributed by atoms with Crippen LogP contribution in [0.15, 0.2) is 18.2 Å². The summed E-state index contributed by atoms with van der Waals surface area (Å²) in [5, 5.41) is 9.63. The summed E-state index contributed by atoms with van der Waals surface area (Å²) in [6.07, 6.45) is 0.105. The molecule has 2 rings (SSSR count). The van der Waals surface area contributed by atoms with Gasteiger partial charge in [-0.1, -0.05) is 17.7 Å². The standard InChI is InChI=1S/C10H5ClFNS/c11-6-1-2-7-8(3-4-13)10(12)14-9(7)5-6/h1-2,5H,3H2. The van der Waals surface area contributed by atoms with Crippen molar-refractivity contribution in [1.29, 1.82) is 5.26 Å². The minimum atomic E-state index is -0.288. The van der Waals surface area contributed by atoms with Crippen LogP contribution >= 0.6 is 22.9 Å². The first-order valence-electron chi connectivity index (χ1n) is 3.95. The van der Waals surface area contributed by atoms with Crippen molar-refractivity contribution in [3.63, 3.8) is 0 Å². The van der Waals surface area contributed by atoms with Crippen LogP contribution in [-0.2, 0) is 6.42 Å². The second-order valence-corrected chi connectivity index (χ2v) is 4.27. The van der Waals surface area contributed by atoms with Gasteiger partial charge in [0.25, 0.3) is 0 Å². The molecule has 0 N–H and O–H groups in total. The summed E-state index contributed by atoms with van der Waals surface area (Å²) in [4.78, 5) is 0. The Balaban J connectivity index is 2.72. The molecule has 0 aliphatic carbocycles. The number of halogens is 2. The lowest BCUT2D eigenvalue weighted by Crippen LogP contribution is -1.81. The Kier molecular flexibility index (Phi) is 2.40. The van der Waals surface area contributed by atoms with Crippen LogP contribution in [0.25, 0.3) is 10.1 Å². The highest BCUT2D eigenvalue weighted by Crippen LogP contribution is 2.32. The third kappa shape index (κ3) is 1.47. The molecule has 0 aliphatic rings. The Morgan fingerprint density at radius 2 is 2.29 bits per heavy atom. The number of benzene rings is 1. The third-order valence-electron chi connectivity index (χ3n) is 1.96. The molecule has 4 heteroatoms. The second kappa shape index (κ2) is 3.56. The van der Waals surface area contributed by atoms with Crippen molar-refractivity contribution < 1.29 is 4.39 Å². The van der Waals surface area contributed by atoms with Gasteiger partial charge in [0, 0.05) is 15.3 Å². The van der Waals surface area contributed by atoms with Gasteiger partial charge >= 0.3 is 0 Å². The Morgan fingerprint density at radius 3 is 3.00 bits per heavy atom. The fraction of sp³-hybridized carbons (Fsp3) is 0.100. The van der Waals surface area contributed by atoms with Gasteiger partial charge in [-0.25, -0.2) is 0 Å². The minimum absolute atomic E-state index is 0.105. The van der Waals surface area contributed by atoms with Crippen LogP contribution < -0.4 is 0 Å². The van der Waals surface area contributed by atoms with Crippen molar-refractivity contribution >= 4 is 33.0 Å². The first-order chi connectivity index (χ1) is 6.72. The lowest BCUT2D eigenvalue weighted by Gasteiger charge is -1.92. The van der Waals surface area contributed by atoms with Gasteiger partial charge in [-0.15, -0.1) is 11.3 Å². The van der Waals surface area contributed by atoms with E-state index in [4.69, 9.17) is 16.9 Å². The van der Waals surface area contributed by atoms with E-state index < -0.39 is 0 Å². The maximum absolute atomic E-state index is 13.3. The van der Waals surface area contributed by atoms with Crippen LogP contribution in [0.5, 0.6) is 0 Å². The van der Waals surface area contributed by atoms with Crippen LogP contribution in [0.4, 0.5) is 4.39 Å². The van der Waals surface area contributed by atoms with Gasteiger partial charge < -0.3 is 0 Å². The molecule has 70 valence electrons. The average Bonchev–Trinajstić information content (AvgIpc) is 2.43. The molecule has 1 aromatic carbocycles. The van der Waals surface area contributed by atoms with Crippen molar-refractivity contribution in [2.75, 3.05) is 0 Å². The van der Waals surface area contributed by atoms with E-state index in [2.05, 4.69) is 0 Å². The van der Waals surface area contributed by atoms with Crippen molar-refractivity contribution in [2.24, 2.45) is 0 Å². The molecule has 0 spiro atoms. The third-order valence-corrected chi connectivity index (χ3v) is 3.18. The zero-order valence-electron chi connectivity index (χ0n) is 7.05. The number of rotatable bonds is 1. The van der Waals surface area contributed by atoms with Crippen molar-refractivity contribution in [1.82, 2.24) is 0 Å². The Hall–Kier alpha value is -1.11. The molecule has 14 heavy (non-hydrogen) atoms. The fourth-order valence-corrected chi connectivity index (χ4v) is 2.56. The van der Waals surface area contributed by atoms with Crippen LogP contribution in [0.3, 0.4) is 0 Å². The summed E-state index contributed by atoms with van der Waals surface area (Å²) in [5.41, 5.74) is 0.476. The molecule has 0 saturated heterocycles. The molecule has 0 radical (unpaired) electrons. The number of thiophene rings is 1. The second-order valence-electron chi connectivity index (χ2n) is 2.83. The highest BCUT2D eigenvalue weighted by atomic mass is 35.5. The number of fused-ring (bicyclic) bond motifs is 1. The molecular weight excluding hydrogens is 221 g/mol. The highest BCUT2D eigenvalue weighted by Gasteiger charge is 2.11. The fourth-order valence-electron chi connectivity index (χ4n) is 1.34. The Labute approximate surface area is 89.3 Å². The molecule has 2 aromatic rings. The lowest BCUT2D eigenvalue weighted by atomic mass is 10.1. The monoisotopic (exact) mass is 225 g/mol. The molecule has 1 heterocycles. The normalized spacial score (nSPS) is 10.4. The lowest BCUT2D eigenvalue weighted by molar-refractivity contribution is 0.647. The largest absolute Gasteiger partial charge is 0.198 e. The quantitative estimate of drug-likeness (QED) is 0.725. The molecule has 0 amide bonds. The van der Waals surface area contributed by atoms with Crippen LogP contribution in [0.2, 0.25) is 5.02 Å². The number of hydrogen-bond acceptors (Lipinski definition) is 2. The number of nitriles is 1. The molecule has 1 aromatic heterocycles. The van der Waals surface area contributed by atoms with E-state index in [9.17, 15) is 4.39 Å². The number of nitrogens with zero attached hydrogens (tertiary/aromatic N) is 1. The first-order valence-corrected chi connectivity index (χ1v) is 5.15. The molecule has 0 unspecified atom stereocenters. The van der Waals surface area contributed by atoms with Crippen molar-refractivity contribution in [3.8, 4) is 6.07 Å². The van der Waals surface area contributed by atoms with Gasteiger partial charge in [0.1, 0.15) is 0 Å². The molecule has 0 bridgehead atoms. The van der Waals surface area contributed by atoms with E-state index >= 15 is 0 Å². The van der Waals surface area contributed by atoms with Gasteiger partial charge in [0.2, 0.25) is 0 Å². The average molecular weight is 226 g/mol. The molecule has 0 fully saturated rings. The summed E-state index contributed by atoms with van der Waals surface area (Å²) in [6, 6.07) is 7.12. The predicted octanol–water partition coefficient (Wildman–Crippen LogP) is 3.76. The SMILES string of the molecule is N#CCc1c(F)sc2cc(Cl)ccc12. The smallest absolute Gasteiger partial charge is 0.181 e. The summed E-state index contributed by atoms with van der Waals surface area (Å²) in [6.45, 7) is 0. The van der Waals surface area contributed by atoms with E-state index in [1.807, 2.05) is 6.07 Å². The van der Waals surface area contributed by atoms with Crippen molar-refractivity contribution in [2.45, 2.75) is 6.42 Å². The molecule has 0 aliphatic heterocycles. The van der Waals surface area contributed by atoms with Gasteiger partial charge in [0.05, 0.1) is 12.5 Å². The molecule has 0 saturated carbocycles. The predicted molar refractivity (Wildman–Crippen MR) is 56.1 cm³/mol. The maximum Gasteiger partial charge on any atom is 0.181 e. The summed E-state index contributed by atoms with van der Waals surface area (Å²) in [5.74, 6) is 0. The maximum atomic E-state index is 13.3. The number of hydrogen-bond donors (Lipinski definition) is 0. The van der Waals surface area contributed by atoms with Crippen LogP contribution in [0, 0.1) is 16.5 Å². The van der Waals surface area contributed by atoms with Gasteiger partial charge in [-0.2, -0.15) is 9.65 Å². The first kappa shape index (κ1) is 9.45. The molecule has 0 atom stereocenters. The summed E-state index contributed by atoms with van der Waals surface area (Å²) >= 11 is 6.81. The Morgan fingerprint density at radius 1 is 1.50 bits per heavy atom. The van der Waals surface area contributed by atoms with Gasteiger partial charge in [-0.3, -0.25) is 0 Å². The topological polar surface area (TPSA) is 23.8 Å². The zero-order valence-corrected chi connectivity index (χ0v) is 8.62. The van der Waals surface area contributed by atoms with Crippen molar-refractivity contribution in [3.05, 3.63) is 33.9 Å². The minimum Gasteiger partial charge on any atom is -0.198 e. The van der Waals surface area contributed by atoms with E-state index in [1.54, 1.807) is 18.2 Å². The van der Waals surface area contributed by atoms with E-state index in [0.29, 0.717) is 10.6 Å². The summed E-state index contributed by atoms with van der Waals surface area (Å²) < 4.78 is 14.1. The Bertz CT molecular complexity index is 527. The van der Waals surface area contributed by atoms with E-state index in [-0.39, 0.29) is 11.6 Å². The van der Waals surface area contributed by atoms with E-state index in [0.717, 1.165) is 21.4 Å².